The van der Waals surface area contributed by atoms with E-state index in [0.29, 0.717) is 54.3 Å². The Kier molecular flexibility index (Phi) is 9.88. The SMILES string of the molecule is CCOC(=O)C1=C(C)N(Cc2cccc(C(=O)N3CCN(c4cccc(C(F)(F)F)c4)CC3)c2)C(=O)CC1c1ccc(C(F)(F)F)cc1. The predicted octanol–water partition coefficient (Wildman–Crippen LogP) is 7.04. The van der Waals surface area contributed by atoms with E-state index in [9.17, 15) is 40.7 Å². The van der Waals surface area contributed by atoms with Crippen LogP contribution in [0.5, 0.6) is 0 Å². The van der Waals surface area contributed by atoms with Crippen molar-refractivity contribution in [3.8, 4) is 0 Å². The monoisotopic (exact) mass is 673 g/mol. The Morgan fingerprint density at radius 3 is 2.10 bits per heavy atom. The number of carbonyl (C=O) groups excluding carboxylic acids is 3. The summed E-state index contributed by atoms with van der Waals surface area (Å²) in [5, 5.41) is 0. The minimum absolute atomic E-state index is 0.0255. The lowest BCUT2D eigenvalue weighted by molar-refractivity contribution is -0.140. The molecule has 254 valence electrons. The number of hydrogen-bond donors (Lipinski definition) is 0. The first-order valence-corrected chi connectivity index (χ1v) is 15.3. The third-order valence-corrected chi connectivity index (χ3v) is 8.58. The van der Waals surface area contributed by atoms with E-state index in [1.807, 2.05) is 0 Å². The van der Waals surface area contributed by atoms with Crippen molar-refractivity contribution in [1.29, 1.82) is 0 Å². The van der Waals surface area contributed by atoms with Crippen molar-refractivity contribution in [2.24, 2.45) is 0 Å². The quantitative estimate of drug-likeness (QED) is 0.199. The maximum Gasteiger partial charge on any atom is 0.416 e. The fourth-order valence-corrected chi connectivity index (χ4v) is 6.08. The number of carbonyl (C=O) groups is 3. The van der Waals surface area contributed by atoms with E-state index < -0.39 is 35.4 Å². The topological polar surface area (TPSA) is 70.2 Å². The van der Waals surface area contributed by atoms with Crippen molar-refractivity contribution in [3.63, 3.8) is 0 Å². The summed E-state index contributed by atoms with van der Waals surface area (Å²) in [7, 11) is 0. The van der Waals surface area contributed by atoms with Gasteiger partial charge in [0.25, 0.3) is 5.91 Å². The van der Waals surface area contributed by atoms with Crippen molar-refractivity contribution in [2.45, 2.75) is 45.1 Å². The highest BCUT2D eigenvalue weighted by molar-refractivity contribution is 5.96. The van der Waals surface area contributed by atoms with Gasteiger partial charge < -0.3 is 19.4 Å². The van der Waals surface area contributed by atoms with Crippen molar-refractivity contribution in [3.05, 3.63) is 112 Å². The molecule has 0 saturated carbocycles. The molecular weight excluding hydrogens is 640 g/mol. The van der Waals surface area contributed by atoms with Crippen LogP contribution in [0.4, 0.5) is 32.0 Å². The number of alkyl halides is 6. The maximum atomic E-state index is 13.5. The van der Waals surface area contributed by atoms with Gasteiger partial charge in [0.05, 0.1) is 29.9 Å². The van der Waals surface area contributed by atoms with E-state index in [0.717, 1.165) is 24.3 Å². The van der Waals surface area contributed by atoms with Gasteiger partial charge in [0, 0.05) is 55.5 Å². The summed E-state index contributed by atoms with van der Waals surface area (Å²) < 4.78 is 84.3. The highest BCUT2D eigenvalue weighted by Gasteiger charge is 2.38. The van der Waals surface area contributed by atoms with Gasteiger partial charge in [-0.1, -0.05) is 30.3 Å². The van der Waals surface area contributed by atoms with Gasteiger partial charge in [0.15, 0.2) is 0 Å². The number of piperazine rings is 1. The van der Waals surface area contributed by atoms with Gasteiger partial charge >= 0.3 is 18.3 Å². The van der Waals surface area contributed by atoms with Crippen LogP contribution in [0, 0.1) is 0 Å². The van der Waals surface area contributed by atoms with Gasteiger partial charge in [-0.2, -0.15) is 26.3 Å². The molecule has 1 saturated heterocycles. The molecule has 0 spiro atoms. The minimum Gasteiger partial charge on any atom is -0.463 e. The first-order chi connectivity index (χ1) is 22.7. The molecule has 48 heavy (non-hydrogen) atoms. The molecule has 2 heterocycles. The standard InChI is InChI=1S/C35H33F6N3O4/c1-3-48-33(47)31-22(2)44(30(45)20-29(31)24-10-12-26(13-11-24)34(36,37)38)21-23-6-4-7-25(18-23)32(46)43-16-14-42(15-17-43)28-9-5-8-27(19-28)35(39,40)41/h4-13,18-19,29H,3,14-17,20-21H2,1-2H3. The number of allylic oxidation sites excluding steroid dienone is 1. The normalized spacial score (nSPS) is 17.5. The number of halogens is 6. The first-order valence-electron chi connectivity index (χ1n) is 15.3. The molecule has 0 radical (unpaired) electrons. The number of amides is 2. The summed E-state index contributed by atoms with van der Waals surface area (Å²) in [6.45, 7) is 4.56. The number of anilines is 1. The fraction of sp³-hybridized carbons (Fsp3) is 0.343. The van der Waals surface area contributed by atoms with E-state index in [1.165, 1.54) is 23.1 Å². The number of nitrogens with zero attached hydrogens (tertiary/aromatic N) is 3. The molecule has 1 fully saturated rings. The molecule has 3 aromatic rings. The minimum atomic E-state index is -4.54. The van der Waals surface area contributed by atoms with Crippen LogP contribution in [0.15, 0.2) is 84.1 Å². The molecule has 0 aliphatic carbocycles. The van der Waals surface area contributed by atoms with Crippen molar-refractivity contribution >= 4 is 23.5 Å². The molecule has 2 aliphatic rings. The summed E-state index contributed by atoms with van der Waals surface area (Å²) in [5.74, 6) is -2.11. The summed E-state index contributed by atoms with van der Waals surface area (Å²) in [4.78, 5) is 44.8. The van der Waals surface area contributed by atoms with Crippen molar-refractivity contribution in [1.82, 2.24) is 9.80 Å². The second kappa shape index (κ2) is 13.7. The average Bonchev–Trinajstić information content (AvgIpc) is 3.05. The van der Waals surface area contributed by atoms with Crippen LogP contribution in [0.25, 0.3) is 0 Å². The zero-order valence-electron chi connectivity index (χ0n) is 26.2. The van der Waals surface area contributed by atoms with Crippen LogP contribution in [0.3, 0.4) is 0 Å². The van der Waals surface area contributed by atoms with E-state index in [1.54, 1.807) is 54.0 Å². The van der Waals surface area contributed by atoms with E-state index in [2.05, 4.69) is 0 Å². The second-order valence-corrected chi connectivity index (χ2v) is 11.6. The third-order valence-electron chi connectivity index (χ3n) is 8.58. The lowest BCUT2D eigenvalue weighted by Crippen LogP contribution is -2.48. The van der Waals surface area contributed by atoms with Crippen LogP contribution < -0.4 is 4.90 Å². The predicted molar refractivity (Wildman–Crippen MR) is 165 cm³/mol. The molecule has 0 bridgehead atoms. The van der Waals surface area contributed by atoms with E-state index >= 15 is 0 Å². The van der Waals surface area contributed by atoms with Crippen LogP contribution >= 0.6 is 0 Å². The lowest BCUT2D eigenvalue weighted by atomic mass is 9.83. The molecule has 0 aromatic heterocycles. The van der Waals surface area contributed by atoms with Gasteiger partial charge in [-0.3, -0.25) is 9.59 Å². The lowest BCUT2D eigenvalue weighted by Gasteiger charge is -2.36. The van der Waals surface area contributed by atoms with Gasteiger partial charge in [-0.15, -0.1) is 0 Å². The molecule has 2 amide bonds. The molecule has 5 rings (SSSR count). The summed E-state index contributed by atoms with van der Waals surface area (Å²) >= 11 is 0. The zero-order chi connectivity index (χ0) is 34.8. The molecular formula is C35H33F6N3O4. The Morgan fingerprint density at radius 2 is 1.48 bits per heavy atom. The molecule has 1 atom stereocenters. The number of benzene rings is 3. The zero-order valence-corrected chi connectivity index (χ0v) is 26.2. The molecule has 13 heteroatoms. The maximum absolute atomic E-state index is 13.5. The second-order valence-electron chi connectivity index (χ2n) is 11.6. The van der Waals surface area contributed by atoms with E-state index in [4.69, 9.17) is 4.74 Å². The van der Waals surface area contributed by atoms with Gasteiger partial charge in [-0.25, -0.2) is 4.79 Å². The van der Waals surface area contributed by atoms with Crippen LogP contribution in [0.1, 0.15) is 58.8 Å². The number of hydrogen-bond acceptors (Lipinski definition) is 5. The highest BCUT2D eigenvalue weighted by atomic mass is 19.4. The number of ether oxygens (including phenoxy) is 1. The molecule has 2 aliphatic heterocycles. The fourth-order valence-electron chi connectivity index (χ4n) is 6.08. The van der Waals surface area contributed by atoms with Gasteiger partial charge in [-0.05, 0) is 67.4 Å². The van der Waals surface area contributed by atoms with E-state index in [-0.39, 0.29) is 37.0 Å². The summed E-state index contributed by atoms with van der Waals surface area (Å²) in [6, 6.07) is 16.1. The number of rotatable bonds is 7. The summed E-state index contributed by atoms with van der Waals surface area (Å²) in [5.41, 5.74) is 0.652. The van der Waals surface area contributed by atoms with Gasteiger partial charge in [0.1, 0.15) is 0 Å². The highest BCUT2D eigenvalue weighted by Crippen LogP contribution is 2.39. The Morgan fingerprint density at radius 1 is 0.833 bits per heavy atom. The van der Waals surface area contributed by atoms with Crippen LogP contribution in [-0.4, -0.2) is 60.4 Å². The Balaban J connectivity index is 1.32. The largest absolute Gasteiger partial charge is 0.463 e. The first kappa shape index (κ1) is 34.5. The Hall–Kier alpha value is -4.81. The number of esters is 1. The Bertz CT molecular complexity index is 1710. The third kappa shape index (κ3) is 7.50. The van der Waals surface area contributed by atoms with Crippen LogP contribution in [0.2, 0.25) is 0 Å². The van der Waals surface area contributed by atoms with Crippen LogP contribution in [-0.2, 0) is 33.2 Å². The Labute approximate surface area is 273 Å². The molecule has 1 unspecified atom stereocenters. The molecule has 3 aromatic carbocycles. The summed E-state index contributed by atoms with van der Waals surface area (Å²) in [6.07, 6.45) is -9.17. The molecule has 0 N–H and O–H groups in total. The van der Waals surface area contributed by atoms with Crippen molar-refractivity contribution in [2.75, 3.05) is 37.7 Å². The van der Waals surface area contributed by atoms with Crippen molar-refractivity contribution < 1.29 is 45.5 Å². The smallest absolute Gasteiger partial charge is 0.416 e. The average molecular weight is 674 g/mol. The van der Waals surface area contributed by atoms with Gasteiger partial charge in [0.2, 0.25) is 5.91 Å². The molecule has 7 nitrogen and oxygen atoms in total.